The Morgan fingerprint density at radius 1 is 0.525 bits per heavy atom. The average molecular weight is 592 g/mol. The van der Waals surface area contributed by atoms with Gasteiger partial charge in [0.2, 0.25) is 0 Å². The van der Waals surface area contributed by atoms with E-state index in [2.05, 4.69) is 102 Å². The van der Waals surface area contributed by atoms with Gasteiger partial charge in [0.25, 0.3) is 0 Å². The third-order valence-electron chi connectivity index (χ3n) is 6.37. The van der Waals surface area contributed by atoms with Crippen LogP contribution in [0.4, 0.5) is 5.69 Å². The molecule has 5 aromatic rings. The monoisotopic (exact) mass is 591 g/mol. The first-order valence-corrected chi connectivity index (χ1v) is 17.0. The van der Waals surface area contributed by atoms with Crippen LogP contribution in [0.2, 0.25) is 0 Å². The molecule has 0 atom stereocenters. The Hall–Kier alpha value is -2.33. The number of anilines is 1. The van der Waals surface area contributed by atoms with E-state index in [1.165, 1.54) is 33.4 Å². The number of rotatable bonds is 10. The molecule has 0 radical (unpaired) electrons. The summed E-state index contributed by atoms with van der Waals surface area (Å²) in [7, 11) is -6.21. The van der Waals surface area contributed by atoms with E-state index in [1.54, 1.807) is 6.07 Å². The maximum atomic E-state index is 12.0. The Morgan fingerprint density at radius 2 is 0.875 bits per heavy atom. The second kappa shape index (κ2) is 14.5. The maximum absolute atomic E-state index is 12.0. The van der Waals surface area contributed by atoms with Crippen molar-refractivity contribution in [3.8, 4) is 0 Å². The molecule has 0 aliphatic carbocycles. The van der Waals surface area contributed by atoms with Gasteiger partial charge in [0.05, 0.1) is 4.90 Å². The largest absolute Gasteiger partial charge is 1.00 e. The van der Waals surface area contributed by atoms with Crippen molar-refractivity contribution in [2.45, 2.75) is 4.90 Å². The van der Waals surface area contributed by atoms with Crippen molar-refractivity contribution in [3.63, 3.8) is 0 Å². The predicted octanol–water partition coefficient (Wildman–Crippen LogP) is 2.58. The minimum atomic E-state index is -4.59. The molecule has 0 saturated heterocycles. The molecular weight excluding hydrogens is 563 g/mol. The molecule has 5 aromatic carbocycles. The van der Waals surface area contributed by atoms with Crippen LogP contribution in [-0.2, 0) is 10.1 Å². The molecular formula is C32H28NNaO3P2S. The van der Waals surface area contributed by atoms with Crippen LogP contribution in [0.15, 0.2) is 150 Å². The normalized spacial score (nSPS) is 11.3. The second-order valence-corrected chi connectivity index (χ2v) is 14.7. The number of nitrogens with zero attached hydrogens (tertiary/aromatic N) is 1. The van der Waals surface area contributed by atoms with Crippen molar-refractivity contribution in [2.24, 2.45) is 0 Å². The zero-order valence-electron chi connectivity index (χ0n) is 22.2. The summed E-state index contributed by atoms with van der Waals surface area (Å²) in [6.07, 6.45) is 1.34. The van der Waals surface area contributed by atoms with Crippen LogP contribution < -0.4 is 55.7 Å². The molecule has 0 aliphatic heterocycles. The van der Waals surface area contributed by atoms with Crippen LogP contribution in [0.1, 0.15) is 0 Å². The molecule has 0 amide bonds. The average Bonchev–Trinajstić information content (AvgIpc) is 2.99. The Bertz CT molecular complexity index is 1430. The minimum absolute atomic E-state index is 0. The molecule has 40 heavy (non-hydrogen) atoms. The molecule has 0 unspecified atom stereocenters. The molecule has 0 spiro atoms. The first-order valence-electron chi connectivity index (χ1n) is 12.6. The zero-order valence-corrected chi connectivity index (χ0v) is 26.9. The first-order chi connectivity index (χ1) is 19.0. The molecule has 5 rings (SSSR count). The summed E-state index contributed by atoms with van der Waals surface area (Å²) in [6, 6.07) is 48.3. The van der Waals surface area contributed by atoms with Gasteiger partial charge in [0.15, 0.2) is 0 Å². The van der Waals surface area contributed by atoms with Crippen LogP contribution in [0, 0.1) is 0 Å². The fourth-order valence-corrected chi connectivity index (χ4v) is 9.70. The van der Waals surface area contributed by atoms with Gasteiger partial charge in [0, 0.05) is 18.3 Å². The second-order valence-electron chi connectivity index (χ2n) is 8.97. The topological polar surface area (TPSA) is 60.4 Å². The molecule has 0 fully saturated rings. The van der Waals surface area contributed by atoms with Gasteiger partial charge in [0.1, 0.15) is 10.1 Å². The van der Waals surface area contributed by atoms with Gasteiger partial charge in [-0.25, -0.2) is 8.42 Å². The summed E-state index contributed by atoms with van der Waals surface area (Å²) >= 11 is 0. The predicted molar refractivity (Wildman–Crippen MR) is 165 cm³/mol. The van der Waals surface area contributed by atoms with Crippen molar-refractivity contribution in [1.82, 2.24) is 0 Å². The van der Waals surface area contributed by atoms with E-state index in [4.69, 9.17) is 0 Å². The summed E-state index contributed by atoms with van der Waals surface area (Å²) in [5, 5.41) is 4.94. The first kappa shape index (κ1) is 30.6. The zero-order chi connectivity index (χ0) is 27.1. The number of hydrogen-bond acceptors (Lipinski definition) is 4. The van der Waals surface area contributed by atoms with Crippen LogP contribution in [0.3, 0.4) is 0 Å². The molecule has 0 bridgehead atoms. The maximum Gasteiger partial charge on any atom is 1.00 e. The number of hydrogen-bond donors (Lipinski definition) is 0. The smallest absolute Gasteiger partial charge is 0.744 e. The molecule has 8 heteroatoms. The van der Waals surface area contributed by atoms with Gasteiger partial charge < -0.3 is 9.45 Å². The summed E-state index contributed by atoms with van der Waals surface area (Å²) in [5.74, 6) is 0. The van der Waals surface area contributed by atoms with Gasteiger partial charge >= 0.3 is 29.6 Å². The number of benzene rings is 5. The summed E-state index contributed by atoms with van der Waals surface area (Å²) in [5.41, 5.74) is 0.727. The third kappa shape index (κ3) is 7.90. The molecule has 0 heterocycles. The van der Waals surface area contributed by atoms with Gasteiger partial charge in [-0.2, -0.15) is 0 Å². The van der Waals surface area contributed by atoms with Crippen LogP contribution in [0.5, 0.6) is 0 Å². The van der Waals surface area contributed by atoms with Crippen LogP contribution in [-0.4, -0.2) is 25.5 Å². The van der Waals surface area contributed by atoms with E-state index in [0.29, 0.717) is 12.6 Å². The van der Waals surface area contributed by atoms with Gasteiger partial charge in [-0.1, -0.05) is 127 Å². The van der Waals surface area contributed by atoms with Gasteiger partial charge in [-0.15, -0.1) is 0 Å². The van der Waals surface area contributed by atoms with E-state index < -0.39 is 26.0 Å². The van der Waals surface area contributed by atoms with Crippen molar-refractivity contribution >= 4 is 52.9 Å². The Morgan fingerprint density at radius 3 is 1.20 bits per heavy atom. The Balaban J connectivity index is 0.00000370. The van der Waals surface area contributed by atoms with E-state index in [1.807, 2.05) is 30.3 Å². The molecule has 4 nitrogen and oxygen atoms in total. The molecule has 0 saturated carbocycles. The molecule has 196 valence electrons. The van der Waals surface area contributed by atoms with E-state index in [9.17, 15) is 13.0 Å². The van der Waals surface area contributed by atoms with Gasteiger partial charge in [-0.05, 0) is 55.3 Å². The van der Waals surface area contributed by atoms with Gasteiger partial charge in [-0.3, -0.25) is 0 Å². The van der Waals surface area contributed by atoms with Crippen molar-refractivity contribution in [2.75, 3.05) is 17.5 Å². The van der Waals surface area contributed by atoms with E-state index >= 15 is 0 Å². The minimum Gasteiger partial charge on any atom is -0.744 e. The van der Waals surface area contributed by atoms with Crippen molar-refractivity contribution < 1.29 is 42.5 Å². The van der Waals surface area contributed by atoms with Crippen LogP contribution in [0.25, 0.3) is 0 Å². The SMILES string of the molecule is O=S(=O)([O-])c1cccc(N(CP(c2ccccc2)c2ccccc2)CP(c2ccccc2)c2ccccc2)c1.[Na+]. The van der Waals surface area contributed by atoms with Crippen LogP contribution >= 0.6 is 15.8 Å². The molecule has 0 aromatic heterocycles. The van der Waals surface area contributed by atoms with E-state index in [-0.39, 0.29) is 34.5 Å². The van der Waals surface area contributed by atoms with Crippen molar-refractivity contribution in [1.29, 1.82) is 0 Å². The summed E-state index contributed by atoms with van der Waals surface area (Å²) in [6.45, 7) is 0. The fraction of sp³-hybridized carbons (Fsp3) is 0.0625. The third-order valence-corrected chi connectivity index (χ3v) is 12.1. The quantitative estimate of drug-likeness (QED) is 0.142. The summed E-state index contributed by atoms with van der Waals surface area (Å²) in [4.78, 5) is 2.06. The Labute approximate surface area is 261 Å². The van der Waals surface area contributed by atoms with Crippen molar-refractivity contribution in [3.05, 3.63) is 146 Å². The fourth-order valence-electron chi connectivity index (χ4n) is 4.44. The molecule has 0 aliphatic rings. The molecule has 0 N–H and O–H groups in total. The standard InChI is InChI=1S/C32H29NO3P2S.Na/c34-39(35,36)32-23-13-14-27(24-32)33(25-37(28-15-5-1-6-16-28)29-17-7-2-8-18-29)26-38(30-19-9-3-10-20-30)31-21-11-4-12-22-31;/h1-24H,25-26H2,(H,34,35,36);/q;+1/p-1. The summed E-state index contributed by atoms with van der Waals surface area (Å²) < 4.78 is 35.9. The van der Waals surface area contributed by atoms with E-state index in [0.717, 1.165) is 5.69 Å². The Kier molecular flexibility index (Phi) is 11.1.